The Morgan fingerprint density at radius 2 is 1.35 bits per heavy atom. The molecule has 224 valence electrons. The van der Waals surface area contributed by atoms with Gasteiger partial charge in [0.1, 0.15) is 6.61 Å². The number of hydrazone groups is 1. The van der Waals surface area contributed by atoms with Crippen LogP contribution >= 0.6 is 0 Å². The monoisotopic (exact) mass is 553 g/mol. The molecule has 2 aliphatic heterocycles. The average Bonchev–Trinajstić information content (AvgIpc) is 3.24. The maximum Gasteiger partial charge on any atom is 0.305 e. The van der Waals surface area contributed by atoms with Crippen molar-refractivity contribution in [2.75, 3.05) is 20.2 Å². The third-order valence-electron chi connectivity index (χ3n) is 7.50. The molecular weight excluding hydrogens is 498 g/mol. The zero-order chi connectivity index (χ0) is 28.8. The molecule has 0 aromatic rings. The van der Waals surface area contributed by atoms with Crippen molar-refractivity contribution < 1.29 is 14.3 Å². The van der Waals surface area contributed by atoms with E-state index < -0.39 is 0 Å². The van der Waals surface area contributed by atoms with Gasteiger partial charge in [0.25, 0.3) is 5.91 Å². The first-order valence-electron chi connectivity index (χ1n) is 16.1. The van der Waals surface area contributed by atoms with Crippen molar-refractivity contribution in [1.82, 2.24) is 9.91 Å². The molecule has 0 N–H and O–H groups in total. The van der Waals surface area contributed by atoms with Crippen LogP contribution in [0.1, 0.15) is 129 Å². The molecular formula is C34H55N3O3. The van der Waals surface area contributed by atoms with Crippen LogP contribution in [0.25, 0.3) is 0 Å². The van der Waals surface area contributed by atoms with Crippen LogP contribution in [0.4, 0.5) is 0 Å². The van der Waals surface area contributed by atoms with E-state index in [2.05, 4.69) is 18.9 Å². The first-order valence-corrected chi connectivity index (χ1v) is 16.1. The van der Waals surface area contributed by atoms with Gasteiger partial charge in [0.2, 0.25) is 0 Å². The van der Waals surface area contributed by atoms with Crippen LogP contribution in [-0.2, 0) is 14.3 Å². The first kappa shape index (κ1) is 33.6. The van der Waals surface area contributed by atoms with Crippen LogP contribution in [-0.4, -0.2) is 47.7 Å². The molecule has 2 rings (SSSR count). The molecule has 2 heterocycles. The molecule has 1 amide bonds. The van der Waals surface area contributed by atoms with E-state index in [-0.39, 0.29) is 25.0 Å². The Bertz CT molecular complexity index is 884. The minimum Gasteiger partial charge on any atom is -0.464 e. The summed E-state index contributed by atoms with van der Waals surface area (Å²) in [5, 5.41) is 5.97. The molecule has 0 aromatic carbocycles. The SMILES string of the molecule is CCCCCCCCCCCCCCCCCC(=O)OCCN1N=C(CCC)/C(=C\C=C2C=CN(C)C=C2)C1=O. The van der Waals surface area contributed by atoms with Crippen LogP contribution in [0, 0.1) is 0 Å². The number of nitrogens with zero attached hydrogens (tertiary/aromatic N) is 3. The number of rotatable bonds is 22. The molecule has 0 unspecified atom stereocenters. The lowest BCUT2D eigenvalue weighted by molar-refractivity contribution is -0.145. The highest BCUT2D eigenvalue weighted by Gasteiger charge is 2.28. The molecule has 0 radical (unpaired) electrons. The van der Waals surface area contributed by atoms with E-state index in [4.69, 9.17) is 4.74 Å². The van der Waals surface area contributed by atoms with Gasteiger partial charge in [-0.25, -0.2) is 5.01 Å². The van der Waals surface area contributed by atoms with Gasteiger partial charge in [-0.3, -0.25) is 9.59 Å². The zero-order valence-electron chi connectivity index (χ0n) is 25.7. The Labute approximate surface area is 244 Å². The van der Waals surface area contributed by atoms with Crippen LogP contribution in [0.3, 0.4) is 0 Å². The maximum atomic E-state index is 12.9. The number of esters is 1. The second kappa shape index (κ2) is 21.2. The van der Waals surface area contributed by atoms with Gasteiger partial charge in [0.15, 0.2) is 0 Å². The molecule has 0 fully saturated rings. The number of hydrogen-bond donors (Lipinski definition) is 0. The van der Waals surface area contributed by atoms with E-state index in [9.17, 15) is 9.59 Å². The fraction of sp³-hybridized carbons (Fsp3) is 0.676. The number of carbonyl (C=O) groups is 2. The lowest BCUT2D eigenvalue weighted by Gasteiger charge is -2.12. The highest BCUT2D eigenvalue weighted by atomic mass is 16.5. The second-order valence-electron chi connectivity index (χ2n) is 11.2. The normalized spacial score (nSPS) is 15.9. The van der Waals surface area contributed by atoms with Gasteiger partial charge in [-0.05, 0) is 36.6 Å². The fourth-order valence-electron chi connectivity index (χ4n) is 5.01. The third-order valence-corrected chi connectivity index (χ3v) is 7.50. The molecule has 0 saturated heterocycles. The molecule has 40 heavy (non-hydrogen) atoms. The second-order valence-corrected chi connectivity index (χ2v) is 11.2. The predicted molar refractivity (Wildman–Crippen MR) is 167 cm³/mol. The van der Waals surface area contributed by atoms with E-state index in [1.54, 1.807) is 0 Å². The highest BCUT2D eigenvalue weighted by Crippen LogP contribution is 2.20. The van der Waals surface area contributed by atoms with Gasteiger partial charge in [-0.1, -0.05) is 116 Å². The number of unbranched alkanes of at least 4 members (excludes halogenated alkanes) is 14. The van der Waals surface area contributed by atoms with E-state index in [1.807, 2.05) is 48.7 Å². The predicted octanol–water partition coefficient (Wildman–Crippen LogP) is 8.62. The quantitative estimate of drug-likeness (QED) is 0.0765. The number of ether oxygens (including phenoxy) is 1. The Hall–Kier alpha value is -2.63. The van der Waals surface area contributed by atoms with Crippen molar-refractivity contribution in [3.8, 4) is 0 Å². The Kier molecular flexibility index (Phi) is 17.8. The lowest BCUT2D eigenvalue weighted by atomic mass is 10.0. The van der Waals surface area contributed by atoms with Crippen LogP contribution in [0.15, 0.2) is 53.0 Å². The number of carbonyl (C=O) groups excluding carboxylic acids is 2. The summed E-state index contributed by atoms with van der Waals surface area (Å²) in [6, 6.07) is 0. The minimum absolute atomic E-state index is 0.125. The molecule has 6 nitrogen and oxygen atoms in total. The molecule has 0 bridgehead atoms. The van der Waals surface area contributed by atoms with E-state index in [0.29, 0.717) is 12.0 Å². The standard InChI is InChI=1S/C34H55N3O3/c1-4-6-7-8-9-10-11-12-13-14-15-16-17-18-19-21-33(38)40-29-28-37-34(39)31(32(35-37)20-5-2)23-22-30-24-26-36(3)27-25-30/h22-27H,4-21,28-29H2,1-3H3/b31-23+. The molecule has 0 saturated carbocycles. The van der Waals surface area contributed by atoms with E-state index in [0.717, 1.165) is 37.0 Å². The van der Waals surface area contributed by atoms with Gasteiger partial charge in [0.05, 0.1) is 17.8 Å². The minimum atomic E-state index is -0.180. The van der Waals surface area contributed by atoms with Gasteiger partial charge >= 0.3 is 5.97 Å². The van der Waals surface area contributed by atoms with Crippen molar-refractivity contribution in [2.24, 2.45) is 5.10 Å². The number of allylic oxidation sites excluding steroid dienone is 5. The lowest BCUT2D eigenvalue weighted by Crippen LogP contribution is -2.27. The highest BCUT2D eigenvalue weighted by molar-refractivity contribution is 6.24. The van der Waals surface area contributed by atoms with Crippen molar-refractivity contribution in [3.05, 3.63) is 47.9 Å². The Balaban J connectivity index is 1.52. The van der Waals surface area contributed by atoms with Gasteiger partial charge in [-0.2, -0.15) is 5.10 Å². The summed E-state index contributed by atoms with van der Waals surface area (Å²) >= 11 is 0. The van der Waals surface area contributed by atoms with Crippen molar-refractivity contribution in [1.29, 1.82) is 0 Å². The summed E-state index contributed by atoms with van der Waals surface area (Å²) < 4.78 is 5.41. The Morgan fingerprint density at radius 3 is 1.90 bits per heavy atom. The van der Waals surface area contributed by atoms with Crippen molar-refractivity contribution in [3.63, 3.8) is 0 Å². The van der Waals surface area contributed by atoms with Crippen LogP contribution in [0.2, 0.25) is 0 Å². The first-order chi connectivity index (χ1) is 19.5. The Morgan fingerprint density at radius 1 is 0.800 bits per heavy atom. The summed E-state index contributed by atoms with van der Waals surface area (Å²) in [5.41, 5.74) is 2.45. The summed E-state index contributed by atoms with van der Waals surface area (Å²) in [5.74, 6) is -0.305. The van der Waals surface area contributed by atoms with E-state index in [1.165, 1.54) is 88.5 Å². The number of hydrogen-bond acceptors (Lipinski definition) is 5. The smallest absolute Gasteiger partial charge is 0.305 e. The molecule has 6 heteroatoms. The molecule has 0 atom stereocenters. The van der Waals surface area contributed by atoms with Crippen molar-refractivity contribution >= 4 is 17.6 Å². The van der Waals surface area contributed by atoms with Gasteiger partial charge in [0, 0.05) is 25.9 Å². The summed E-state index contributed by atoms with van der Waals surface area (Å²) in [7, 11) is 1.97. The summed E-state index contributed by atoms with van der Waals surface area (Å²) in [6.07, 6.45) is 33.4. The molecule has 0 aliphatic carbocycles. The average molecular weight is 554 g/mol. The number of amides is 1. The van der Waals surface area contributed by atoms with E-state index >= 15 is 0 Å². The van der Waals surface area contributed by atoms with Gasteiger partial charge < -0.3 is 9.64 Å². The molecule has 0 spiro atoms. The third kappa shape index (κ3) is 14.1. The summed E-state index contributed by atoms with van der Waals surface area (Å²) in [4.78, 5) is 27.1. The zero-order valence-corrected chi connectivity index (χ0v) is 25.7. The molecule has 2 aliphatic rings. The topological polar surface area (TPSA) is 62.2 Å². The van der Waals surface area contributed by atoms with Gasteiger partial charge in [-0.15, -0.1) is 0 Å². The maximum absolute atomic E-state index is 12.9. The summed E-state index contributed by atoms with van der Waals surface area (Å²) in [6.45, 7) is 4.82. The largest absolute Gasteiger partial charge is 0.464 e. The fourth-order valence-corrected chi connectivity index (χ4v) is 5.01. The van der Waals surface area contributed by atoms with Crippen molar-refractivity contribution in [2.45, 2.75) is 129 Å². The van der Waals surface area contributed by atoms with Crippen LogP contribution in [0.5, 0.6) is 0 Å². The van der Waals surface area contributed by atoms with Crippen LogP contribution < -0.4 is 0 Å². The molecule has 0 aromatic heterocycles.